The molecule has 4 rings (SSSR count). The van der Waals surface area contributed by atoms with Gasteiger partial charge in [-0.25, -0.2) is 4.98 Å². The van der Waals surface area contributed by atoms with Gasteiger partial charge >= 0.3 is 0 Å². The SMILES string of the molecule is NC1CCCc2sc(C3Cc4ccccc43)nc21. The van der Waals surface area contributed by atoms with Crippen LogP contribution < -0.4 is 5.73 Å². The van der Waals surface area contributed by atoms with E-state index in [-0.39, 0.29) is 6.04 Å². The molecule has 2 aliphatic carbocycles. The zero-order chi connectivity index (χ0) is 12.1. The first kappa shape index (κ1) is 10.7. The Bertz CT molecular complexity index is 602. The van der Waals surface area contributed by atoms with Crippen LogP contribution >= 0.6 is 11.3 Å². The summed E-state index contributed by atoms with van der Waals surface area (Å²) in [7, 11) is 0. The van der Waals surface area contributed by atoms with Crippen molar-refractivity contribution in [3.8, 4) is 0 Å². The van der Waals surface area contributed by atoms with Gasteiger partial charge in [0.05, 0.1) is 5.69 Å². The molecule has 0 aliphatic heterocycles. The molecule has 0 saturated heterocycles. The van der Waals surface area contributed by atoms with Crippen molar-refractivity contribution in [1.82, 2.24) is 4.98 Å². The van der Waals surface area contributed by atoms with Gasteiger partial charge in [0.1, 0.15) is 5.01 Å². The molecule has 0 fully saturated rings. The van der Waals surface area contributed by atoms with Crippen LogP contribution in [0.1, 0.15) is 51.5 Å². The lowest BCUT2D eigenvalue weighted by molar-refractivity contribution is 0.560. The highest BCUT2D eigenvalue weighted by Gasteiger charge is 2.32. The normalized spacial score (nSPS) is 25.2. The highest BCUT2D eigenvalue weighted by Crippen LogP contribution is 2.43. The third kappa shape index (κ3) is 1.47. The van der Waals surface area contributed by atoms with Crippen molar-refractivity contribution in [2.75, 3.05) is 0 Å². The summed E-state index contributed by atoms with van der Waals surface area (Å²) in [5.41, 5.74) is 10.3. The number of thiazole rings is 1. The van der Waals surface area contributed by atoms with Gasteiger partial charge in [-0.1, -0.05) is 24.3 Å². The molecule has 0 amide bonds. The molecule has 92 valence electrons. The molecule has 0 radical (unpaired) electrons. The largest absolute Gasteiger partial charge is 0.323 e. The van der Waals surface area contributed by atoms with Gasteiger partial charge in [-0.2, -0.15) is 0 Å². The Morgan fingerprint density at radius 3 is 3.00 bits per heavy atom. The zero-order valence-corrected chi connectivity index (χ0v) is 11.0. The number of nitrogens with two attached hydrogens (primary N) is 1. The number of hydrogen-bond donors (Lipinski definition) is 1. The molecular formula is C15H16N2S. The van der Waals surface area contributed by atoms with Gasteiger partial charge in [0.25, 0.3) is 0 Å². The predicted octanol–water partition coefficient (Wildman–Crippen LogP) is 3.17. The second kappa shape index (κ2) is 3.90. The fourth-order valence-corrected chi connectivity index (χ4v) is 4.40. The molecule has 2 aromatic rings. The maximum atomic E-state index is 6.16. The second-order valence-electron chi connectivity index (χ2n) is 5.31. The minimum atomic E-state index is 0.175. The van der Waals surface area contributed by atoms with E-state index in [0.717, 1.165) is 12.8 Å². The van der Waals surface area contributed by atoms with Gasteiger partial charge in [0, 0.05) is 16.8 Å². The summed E-state index contributed by atoms with van der Waals surface area (Å²) < 4.78 is 0. The number of benzene rings is 1. The van der Waals surface area contributed by atoms with Gasteiger partial charge in [-0.05, 0) is 36.8 Å². The smallest absolute Gasteiger partial charge is 0.101 e. The summed E-state index contributed by atoms with van der Waals surface area (Å²) >= 11 is 1.90. The molecule has 0 spiro atoms. The van der Waals surface area contributed by atoms with E-state index in [4.69, 9.17) is 10.7 Å². The zero-order valence-electron chi connectivity index (χ0n) is 10.2. The third-order valence-corrected chi connectivity index (χ3v) is 5.41. The Kier molecular flexibility index (Phi) is 2.32. The van der Waals surface area contributed by atoms with Crippen LogP contribution in [0.15, 0.2) is 24.3 Å². The highest BCUT2D eigenvalue weighted by atomic mass is 32.1. The van der Waals surface area contributed by atoms with E-state index in [1.165, 1.54) is 39.5 Å². The van der Waals surface area contributed by atoms with Crippen molar-refractivity contribution in [3.05, 3.63) is 51.0 Å². The summed E-state index contributed by atoms with van der Waals surface area (Å²) in [6, 6.07) is 8.89. The van der Waals surface area contributed by atoms with Crippen molar-refractivity contribution < 1.29 is 0 Å². The van der Waals surface area contributed by atoms with Crippen LogP contribution in [0.2, 0.25) is 0 Å². The molecule has 2 N–H and O–H groups in total. The van der Waals surface area contributed by atoms with E-state index in [0.29, 0.717) is 5.92 Å². The monoisotopic (exact) mass is 256 g/mol. The van der Waals surface area contributed by atoms with Gasteiger partial charge in [-0.15, -0.1) is 11.3 Å². The highest BCUT2D eigenvalue weighted by molar-refractivity contribution is 7.11. The van der Waals surface area contributed by atoms with Crippen LogP contribution in [0.4, 0.5) is 0 Å². The van der Waals surface area contributed by atoms with Gasteiger partial charge in [0.15, 0.2) is 0 Å². The Morgan fingerprint density at radius 2 is 2.17 bits per heavy atom. The van der Waals surface area contributed by atoms with E-state index in [1.807, 2.05) is 11.3 Å². The fraction of sp³-hybridized carbons (Fsp3) is 0.400. The van der Waals surface area contributed by atoms with Crippen molar-refractivity contribution in [2.45, 2.75) is 37.6 Å². The minimum absolute atomic E-state index is 0.175. The van der Waals surface area contributed by atoms with E-state index in [1.54, 1.807) is 0 Å². The van der Waals surface area contributed by atoms with Crippen LogP contribution in [0, 0.1) is 0 Å². The maximum absolute atomic E-state index is 6.16. The van der Waals surface area contributed by atoms with Crippen molar-refractivity contribution in [3.63, 3.8) is 0 Å². The number of aryl methyl sites for hydroxylation is 1. The standard InChI is InChI=1S/C15H16N2S/c16-12-6-3-7-13-14(12)17-15(18-13)11-8-9-4-1-2-5-10(9)11/h1-2,4-5,11-12H,3,6-8,16H2. The van der Waals surface area contributed by atoms with Crippen LogP contribution in [-0.4, -0.2) is 4.98 Å². The van der Waals surface area contributed by atoms with Crippen LogP contribution in [0.25, 0.3) is 0 Å². The number of rotatable bonds is 1. The van der Waals surface area contributed by atoms with E-state index in [2.05, 4.69) is 24.3 Å². The molecule has 2 unspecified atom stereocenters. The van der Waals surface area contributed by atoms with Crippen LogP contribution in [0.5, 0.6) is 0 Å². The lowest BCUT2D eigenvalue weighted by atomic mass is 9.78. The molecule has 2 aliphatic rings. The quantitative estimate of drug-likeness (QED) is 0.851. The Labute approximate surface area is 111 Å². The van der Waals surface area contributed by atoms with Crippen molar-refractivity contribution >= 4 is 11.3 Å². The molecule has 0 saturated carbocycles. The molecule has 1 aromatic heterocycles. The van der Waals surface area contributed by atoms with Crippen LogP contribution in [0.3, 0.4) is 0 Å². The Hall–Kier alpha value is -1.19. The molecule has 1 aromatic carbocycles. The van der Waals surface area contributed by atoms with Crippen molar-refractivity contribution in [1.29, 1.82) is 0 Å². The van der Waals surface area contributed by atoms with E-state index >= 15 is 0 Å². The molecule has 3 heteroatoms. The van der Waals surface area contributed by atoms with Crippen molar-refractivity contribution in [2.24, 2.45) is 5.73 Å². The summed E-state index contributed by atoms with van der Waals surface area (Å²) in [4.78, 5) is 6.28. The fourth-order valence-electron chi connectivity index (χ4n) is 3.10. The predicted molar refractivity (Wildman–Crippen MR) is 74.0 cm³/mol. The number of fused-ring (bicyclic) bond motifs is 2. The van der Waals surface area contributed by atoms with Gasteiger partial charge < -0.3 is 5.73 Å². The first-order chi connectivity index (χ1) is 8.83. The molecule has 18 heavy (non-hydrogen) atoms. The average molecular weight is 256 g/mol. The van der Waals surface area contributed by atoms with E-state index < -0.39 is 0 Å². The Balaban J connectivity index is 1.72. The third-order valence-electron chi connectivity index (χ3n) is 4.17. The summed E-state index contributed by atoms with van der Waals surface area (Å²) in [6.45, 7) is 0. The number of hydrogen-bond acceptors (Lipinski definition) is 3. The molecule has 1 heterocycles. The number of nitrogens with zero attached hydrogens (tertiary/aromatic N) is 1. The maximum Gasteiger partial charge on any atom is 0.101 e. The molecular weight excluding hydrogens is 240 g/mol. The first-order valence-electron chi connectivity index (χ1n) is 6.66. The lowest BCUT2D eigenvalue weighted by Gasteiger charge is -2.28. The summed E-state index contributed by atoms with van der Waals surface area (Å²) in [5, 5.41) is 1.29. The Morgan fingerprint density at radius 1 is 1.28 bits per heavy atom. The first-order valence-corrected chi connectivity index (χ1v) is 7.47. The van der Waals surface area contributed by atoms with E-state index in [9.17, 15) is 0 Å². The van der Waals surface area contributed by atoms with Crippen LogP contribution in [-0.2, 0) is 12.8 Å². The lowest BCUT2D eigenvalue weighted by Crippen LogP contribution is -2.19. The molecule has 2 atom stereocenters. The van der Waals surface area contributed by atoms with Gasteiger partial charge in [-0.3, -0.25) is 0 Å². The number of aromatic nitrogens is 1. The summed E-state index contributed by atoms with van der Waals surface area (Å²) in [6.07, 6.45) is 4.64. The molecule has 2 nitrogen and oxygen atoms in total. The summed E-state index contributed by atoms with van der Waals surface area (Å²) in [5.74, 6) is 0.531. The minimum Gasteiger partial charge on any atom is -0.323 e. The molecule has 0 bridgehead atoms. The second-order valence-corrected chi connectivity index (χ2v) is 6.43. The van der Waals surface area contributed by atoms with Gasteiger partial charge in [0.2, 0.25) is 0 Å². The topological polar surface area (TPSA) is 38.9 Å². The average Bonchev–Trinajstić information content (AvgIpc) is 2.76.